The Bertz CT molecular complexity index is 5860. The van der Waals surface area contributed by atoms with Gasteiger partial charge in [0.15, 0.2) is 0 Å². The van der Waals surface area contributed by atoms with Gasteiger partial charge in [-0.05, 0) is 218 Å². The van der Waals surface area contributed by atoms with Crippen molar-refractivity contribution in [1.82, 2.24) is 18.3 Å². The van der Waals surface area contributed by atoms with Gasteiger partial charge < -0.3 is 9.47 Å². The molecular formula is C107H116N4O10. The van der Waals surface area contributed by atoms with Gasteiger partial charge in [0.05, 0.1) is 67.1 Å². The summed E-state index contributed by atoms with van der Waals surface area (Å²) < 4.78 is 17.3. The largest absolute Gasteiger partial charge is 0.494 e. The summed E-state index contributed by atoms with van der Waals surface area (Å²) in [4.78, 5) is 111. The van der Waals surface area contributed by atoms with Crippen LogP contribution >= 0.6 is 0 Å². The number of hydrogen-bond donors (Lipinski definition) is 0. The third-order valence-electron chi connectivity index (χ3n) is 25.3. The van der Waals surface area contributed by atoms with Crippen molar-refractivity contribution >= 4 is 43.1 Å². The fraction of sp³-hybridized carbons (Fsp3) is 0.364. The molecule has 0 atom stereocenters. The van der Waals surface area contributed by atoms with Crippen LogP contribution in [0.25, 0.3) is 43.1 Å². The molecule has 121 heavy (non-hydrogen) atoms. The standard InChI is InChI=1S/C107H116N4O10/c1-68(2)70-26-30-76(31-27-70)106(78-42-34-72(35-43-78)102(5,6)7,79-44-36-73(37-45-79)103(8,9)10)82-50-54-84(55-51-82)120-62-24-18-22-60-110-98(116)90-64-86-87(65-91(90)99(110)117)95(113)108(94(86)112)58-20-17-21-59-109-96(114)88-66-92-93(67-89(88)97(109)115)101(119)111(100(92)118)61-23-19-25-63-121-85-56-52-83(53-57-85)107(77-32-28-71(29-33-77)69(3)4,80-46-38-74(39-47-80)104(11,12)13)81-48-40-75(41-49-81)105(14,15)16/h26-57,64-69H,17-25,58-63H2,1-16H3. The average molecular weight is 1620 g/mol. The van der Waals surface area contributed by atoms with E-state index >= 15 is 0 Å². The molecule has 0 aliphatic carbocycles. The van der Waals surface area contributed by atoms with Gasteiger partial charge in [0, 0.05) is 26.2 Å². The molecule has 14 rings (SSSR count). The third kappa shape index (κ3) is 16.8. The van der Waals surface area contributed by atoms with Crippen LogP contribution in [0.4, 0.5) is 0 Å². The summed E-state index contributed by atoms with van der Waals surface area (Å²) in [5.74, 6) is 2.22. The molecule has 14 nitrogen and oxygen atoms in total. The van der Waals surface area contributed by atoms with Gasteiger partial charge in [-0.1, -0.05) is 281 Å². The van der Waals surface area contributed by atoms with Crippen molar-refractivity contribution < 1.29 is 9.47 Å². The zero-order chi connectivity index (χ0) is 86.4. The van der Waals surface area contributed by atoms with Crippen molar-refractivity contribution in [3.8, 4) is 11.5 Å². The minimum atomic E-state index is -0.658. The molecule has 0 N–H and O–H groups in total. The van der Waals surface area contributed by atoms with Gasteiger partial charge in [-0.3, -0.25) is 56.6 Å². The molecule has 624 valence electrons. The van der Waals surface area contributed by atoms with Gasteiger partial charge in [-0.15, -0.1) is 0 Å². The highest BCUT2D eigenvalue weighted by atomic mass is 16.5. The Morgan fingerprint density at radius 3 is 0.570 bits per heavy atom. The highest BCUT2D eigenvalue weighted by Gasteiger charge is 2.41. The zero-order valence-corrected chi connectivity index (χ0v) is 73.4. The number of hydrogen-bond acceptors (Lipinski definition) is 10. The minimum Gasteiger partial charge on any atom is -0.494 e. The first-order valence-electron chi connectivity index (χ1n) is 43.4. The van der Waals surface area contributed by atoms with E-state index in [1.807, 2.05) is 24.3 Å². The predicted molar refractivity (Wildman–Crippen MR) is 495 cm³/mol. The second-order valence-corrected chi connectivity index (χ2v) is 38.2. The molecule has 0 saturated carbocycles. The van der Waals surface area contributed by atoms with Crippen LogP contribution in [0.1, 0.15) is 258 Å². The van der Waals surface area contributed by atoms with E-state index in [9.17, 15) is 38.4 Å². The molecule has 0 aliphatic rings. The summed E-state index contributed by atoms with van der Waals surface area (Å²) >= 11 is 0. The lowest BCUT2D eigenvalue weighted by atomic mass is 9.64. The van der Waals surface area contributed by atoms with Gasteiger partial charge in [-0.25, -0.2) is 0 Å². The van der Waals surface area contributed by atoms with E-state index < -0.39 is 55.3 Å². The van der Waals surface area contributed by atoms with E-state index in [2.05, 4.69) is 281 Å². The molecule has 0 fully saturated rings. The summed E-state index contributed by atoms with van der Waals surface area (Å²) in [6.07, 6.45) is 4.85. The molecular weight excluding hydrogens is 1500 g/mol. The number of ether oxygens (including phenoxy) is 2. The molecule has 0 bridgehead atoms. The first kappa shape index (κ1) is 85.8. The SMILES string of the molecule is CC(C)c1ccc(C(c2ccc(OCCCCCn3c(=O)c4cc5c(=O)n(CCCCCn6c(=O)c7cc8c(=O)n(CCCCCOc9ccc(C(c%10ccc(C(C)C)cc%10)(c%10ccc(C(C)(C)C)cc%10)c%10ccc(C(C)(C)C)cc%10)cc9)c(=O)c8cc7c6=O)c(=O)c5cc4c3=O)cc2)(c2ccc(C(C)(C)C)cc2)c2ccc(C(C)(C)C)cc2)cc1. The quantitative estimate of drug-likeness (QED) is 0.0311. The smallest absolute Gasteiger partial charge is 0.261 e. The maximum absolute atomic E-state index is 13.9. The van der Waals surface area contributed by atoms with E-state index in [1.165, 1.54) is 77.9 Å². The Balaban J connectivity index is 0.571. The van der Waals surface area contributed by atoms with E-state index in [4.69, 9.17) is 9.47 Å². The fourth-order valence-corrected chi connectivity index (χ4v) is 17.9. The van der Waals surface area contributed by atoms with E-state index in [0.717, 1.165) is 54.0 Å². The Morgan fingerprint density at radius 1 is 0.223 bits per heavy atom. The highest BCUT2D eigenvalue weighted by molar-refractivity contribution is 5.99. The number of fused-ring (bicyclic) bond motifs is 4. The maximum Gasteiger partial charge on any atom is 0.261 e. The Labute approximate surface area is 709 Å². The molecule has 0 amide bonds. The average Bonchev–Trinajstić information content (AvgIpc) is 1.71. The van der Waals surface area contributed by atoms with E-state index in [-0.39, 0.29) is 90.9 Å². The van der Waals surface area contributed by atoms with Crippen molar-refractivity contribution in [3.05, 3.63) is 379 Å². The Kier molecular flexibility index (Phi) is 24.2. The van der Waals surface area contributed by atoms with Crippen LogP contribution in [0.2, 0.25) is 0 Å². The molecule has 0 aliphatic heterocycles. The molecule has 0 radical (unpaired) electrons. The fourth-order valence-electron chi connectivity index (χ4n) is 17.9. The summed E-state index contributed by atoms with van der Waals surface area (Å²) in [5, 5.41) is 0.583. The number of unbranched alkanes of at least 4 members (excludes halogenated alkanes) is 6. The zero-order valence-electron chi connectivity index (χ0n) is 73.4. The summed E-state index contributed by atoms with van der Waals surface area (Å²) in [5.41, 5.74) is 11.1. The third-order valence-corrected chi connectivity index (χ3v) is 25.3. The van der Waals surface area contributed by atoms with Crippen molar-refractivity contribution in [2.75, 3.05) is 13.2 Å². The van der Waals surface area contributed by atoms with Gasteiger partial charge in [-0.2, -0.15) is 0 Å². The topological polar surface area (TPSA) is 175 Å². The molecule has 4 heterocycles. The van der Waals surface area contributed by atoms with Gasteiger partial charge in [0.2, 0.25) is 0 Å². The van der Waals surface area contributed by atoms with Crippen LogP contribution in [0.5, 0.6) is 11.5 Å². The lowest BCUT2D eigenvalue weighted by molar-refractivity contribution is 0.303. The predicted octanol–water partition coefficient (Wildman–Crippen LogP) is 20.7. The van der Waals surface area contributed by atoms with Crippen LogP contribution in [0, 0.1) is 0 Å². The molecule has 0 saturated heterocycles. The Hall–Kier alpha value is -11.6. The lowest BCUT2D eigenvalue weighted by Crippen LogP contribution is -2.31. The molecule has 14 heteroatoms. The lowest BCUT2D eigenvalue weighted by Gasteiger charge is -2.38. The van der Waals surface area contributed by atoms with Gasteiger partial charge in [0.25, 0.3) is 44.5 Å². The summed E-state index contributed by atoms with van der Waals surface area (Å²) in [6, 6.07) is 77.0. The van der Waals surface area contributed by atoms with Crippen molar-refractivity contribution in [3.63, 3.8) is 0 Å². The first-order chi connectivity index (χ1) is 57.5. The first-order valence-corrected chi connectivity index (χ1v) is 43.4. The monoisotopic (exact) mass is 1620 g/mol. The molecule has 0 unspecified atom stereocenters. The number of aromatic nitrogens is 4. The molecule has 10 aromatic carbocycles. The Morgan fingerprint density at radius 2 is 0.388 bits per heavy atom. The van der Waals surface area contributed by atoms with E-state index in [1.54, 1.807) is 0 Å². The minimum absolute atomic E-state index is 0.0202. The van der Waals surface area contributed by atoms with Gasteiger partial charge >= 0.3 is 0 Å². The van der Waals surface area contributed by atoms with Crippen molar-refractivity contribution in [1.29, 1.82) is 0 Å². The molecule has 0 spiro atoms. The van der Waals surface area contributed by atoms with Crippen molar-refractivity contribution in [2.45, 2.75) is 239 Å². The summed E-state index contributed by atoms with van der Waals surface area (Å²) in [7, 11) is 0. The highest BCUT2D eigenvalue weighted by Crippen LogP contribution is 2.49. The van der Waals surface area contributed by atoms with Crippen LogP contribution < -0.4 is 53.9 Å². The second-order valence-electron chi connectivity index (χ2n) is 38.2. The number of benzene rings is 10. The molecule has 14 aromatic rings. The van der Waals surface area contributed by atoms with Crippen LogP contribution in [0.15, 0.2) is 257 Å². The molecule has 4 aromatic heterocycles. The summed E-state index contributed by atoms with van der Waals surface area (Å²) in [6.45, 7) is 37.0. The van der Waals surface area contributed by atoms with Crippen LogP contribution in [-0.4, -0.2) is 31.5 Å². The number of nitrogens with zero attached hydrogens (tertiary/aromatic N) is 4. The maximum atomic E-state index is 13.9. The van der Waals surface area contributed by atoms with Crippen LogP contribution in [0.3, 0.4) is 0 Å². The van der Waals surface area contributed by atoms with Crippen LogP contribution in [-0.2, 0) is 58.7 Å². The van der Waals surface area contributed by atoms with E-state index in [0.29, 0.717) is 82.8 Å². The normalized spacial score (nSPS) is 12.7. The van der Waals surface area contributed by atoms with Crippen molar-refractivity contribution in [2.24, 2.45) is 0 Å². The second kappa shape index (κ2) is 34.1. The number of rotatable bonds is 30. The van der Waals surface area contributed by atoms with Gasteiger partial charge in [0.1, 0.15) is 11.5 Å².